The second kappa shape index (κ2) is 13.1. The van der Waals surface area contributed by atoms with Gasteiger partial charge in [-0.15, -0.1) is 0 Å². The second-order valence-corrected chi connectivity index (χ2v) is 13.1. The standard InChI is InChI=1S/C37H30F3N7O5/c1-21(2)23-12-14-24(15-13-23)30-19-32(37(38,39)40)44-33(41-30)20-31(42-44)36(48)45-35(26-8-4-10-28(18-26)47(51)52)29-11-5-7-25(34(29)43-45)16-22-6-3-9-27(17-22)46(49)50/h3-4,6,8-10,12-21,29,35H,5,7,11H2,1-2H3/b25-16+/t29-,35-/m0/s1. The van der Waals surface area contributed by atoms with E-state index < -0.39 is 39.6 Å². The molecule has 0 bridgehead atoms. The Hall–Kier alpha value is -6.25. The van der Waals surface area contributed by atoms with Gasteiger partial charge in [-0.3, -0.25) is 25.0 Å². The first-order chi connectivity index (χ1) is 24.8. The number of nitro groups is 2. The van der Waals surface area contributed by atoms with Crippen LogP contribution in [0.5, 0.6) is 0 Å². The van der Waals surface area contributed by atoms with Gasteiger partial charge in [0.15, 0.2) is 17.0 Å². The summed E-state index contributed by atoms with van der Waals surface area (Å²) in [5.74, 6) is -1.05. The molecule has 2 aromatic heterocycles. The molecule has 2 atom stereocenters. The lowest BCUT2D eigenvalue weighted by atomic mass is 9.77. The minimum absolute atomic E-state index is 0.0480. The smallest absolute Gasteiger partial charge is 0.265 e. The van der Waals surface area contributed by atoms with Gasteiger partial charge in [0.05, 0.1) is 27.3 Å². The summed E-state index contributed by atoms with van der Waals surface area (Å²) in [7, 11) is 0. The highest BCUT2D eigenvalue weighted by molar-refractivity contribution is 6.09. The first-order valence-electron chi connectivity index (χ1n) is 16.5. The van der Waals surface area contributed by atoms with Crippen LogP contribution in [0.3, 0.4) is 0 Å². The van der Waals surface area contributed by atoms with E-state index in [0.717, 1.165) is 16.6 Å². The summed E-state index contributed by atoms with van der Waals surface area (Å²) in [5, 5.41) is 33.1. The number of carbonyl (C=O) groups is 1. The number of hydrogen-bond acceptors (Lipinski definition) is 8. The summed E-state index contributed by atoms with van der Waals surface area (Å²) in [4.78, 5) is 40.9. The molecule has 264 valence electrons. The fourth-order valence-electron chi connectivity index (χ4n) is 6.84. The van der Waals surface area contributed by atoms with Crippen LogP contribution in [0.1, 0.15) is 77.9 Å². The van der Waals surface area contributed by atoms with E-state index in [0.29, 0.717) is 51.8 Å². The molecule has 52 heavy (non-hydrogen) atoms. The zero-order valence-corrected chi connectivity index (χ0v) is 27.8. The molecule has 12 nitrogen and oxygen atoms in total. The lowest BCUT2D eigenvalue weighted by Crippen LogP contribution is -2.32. The summed E-state index contributed by atoms with van der Waals surface area (Å²) in [6, 6.07) is 20.1. The topological polar surface area (TPSA) is 149 Å². The summed E-state index contributed by atoms with van der Waals surface area (Å²) in [6.07, 6.45) is -1.34. The normalized spacial score (nSPS) is 18.2. The Morgan fingerprint density at radius 1 is 0.942 bits per heavy atom. The van der Waals surface area contributed by atoms with E-state index >= 15 is 0 Å². The van der Waals surface area contributed by atoms with Crippen LogP contribution in [0.4, 0.5) is 24.5 Å². The molecule has 3 aromatic carbocycles. The number of nitrogens with zero attached hydrogens (tertiary/aromatic N) is 7. The third-order valence-corrected chi connectivity index (χ3v) is 9.36. The first-order valence-corrected chi connectivity index (χ1v) is 16.5. The predicted octanol–water partition coefficient (Wildman–Crippen LogP) is 8.79. The molecule has 0 N–H and O–H groups in total. The van der Waals surface area contributed by atoms with Crippen molar-refractivity contribution < 1.29 is 27.8 Å². The van der Waals surface area contributed by atoms with Crippen molar-refractivity contribution >= 4 is 34.7 Å². The zero-order valence-electron chi connectivity index (χ0n) is 27.8. The van der Waals surface area contributed by atoms with E-state index in [2.05, 4.69) is 10.1 Å². The Balaban J connectivity index is 1.34. The fraction of sp³-hybridized carbons (Fsp3) is 0.243. The molecule has 1 amide bonds. The van der Waals surface area contributed by atoms with Crippen LogP contribution in [0, 0.1) is 26.1 Å². The van der Waals surface area contributed by atoms with Crippen molar-refractivity contribution in [3.05, 3.63) is 139 Å². The van der Waals surface area contributed by atoms with Crippen molar-refractivity contribution in [1.82, 2.24) is 19.6 Å². The van der Waals surface area contributed by atoms with Crippen molar-refractivity contribution in [2.75, 3.05) is 0 Å². The predicted molar refractivity (Wildman–Crippen MR) is 185 cm³/mol. The minimum Gasteiger partial charge on any atom is -0.265 e. The maximum atomic E-state index is 14.5. The molecule has 1 saturated carbocycles. The largest absolute Gasteiger partial charge is 0.433 e. The van der Waals surface area contributed by atoms with Gasteiger partial charge in [-0.05, 0) is 59.6 Å². The van der Waals surface area contributed by atoms with Crippen LogP contribution < -0.4 is 0 Å². The number of amides is 1. The van der Waals surface area contributed by atoms with Crippen LogP contribution in [-0.4, -0.2) is 41.1 Å². The van der Waals surface area contributed by atoms with Gasteiger partial charge in [0, 0.05) is 41.8 Å². The molecular formula is C37H30F3N7O5. The Morgan fingerprint density at radius 2 is 1.63 bits per heavy atom. The molecule has 15 heteroatoms. The van der Waals surface area contributed by atoms with Crippen molar-refractivity contribution in [2.45, 2.75) is 51.2 Å². The molecule has 0 spiro atoms. The number of nitro benzene ring substituents is 2. The molecule has 1 fully saturated rings. The summed E-state index contributed by atoms with van der Waals surface area (Å²) in [5.41, 5.74) is 1.69. The number of rotatable bonds is 7. The van der Waals surface area contributed by atoms with Gasteiger partial charge in [0.2, 0.25) is 0 Å². The van der Waals surface area contributed by atoms with E-state index in [4.69, 9.17) is 5.10 Å². The number of hydrogen-bond donors (Lipinski definition) is 0. The number of hydrazone groups is 1. The van der Waals surface area contributed by atoms with Crippen molar-refractivity contribution in [1.29, 1.82) is 0 Å². The molecule has 7 rings (SSSR count). The maximum Gasteiger partial charge on any atom is 0.433 e. The zero-order chi connectivity index (χ0) is 36.9. The van der Waals surface area contributed by atoms with E-state index in [1.54, 1.807) is 36.4 Å². The Kier molecular flexibility index (Phi) is 8.64. The van der Waals surface area contributed by atoms with Crippen molar-refractivity contribution in [2.24, 2.45) is 11.0 Å². The van der Waals surface area contributed by atoms with E-state index in [-0.39, 0.29) is 34.3 Å². The van der Waals surface area contributed by atoms with Gasteiger partial charge in [-0.1, -0.05) is 62.4 Å². The van der Waals surface area contributed by atoms with Crippen LogP contribution in [0.15, 0.2) is 95.6 Å². The van der Waals surface area contributed by atoms with Crippen LogP contribution >= 0.6 is 0 Å². The number of alkyl halides is 3. The van der Waals surface area contributed by atoms with Gasteiger partial charge in [-0.2, -0.15) is 23.4 Å². The Labute approximate surface area is 294 Å². The third kappa shape index (κ3) is 6.40. The number of allylic oxidation sites excluding steroid dienone is 1. The van der Waals surface area contributed by atoms with Gasteiger partial charge < -0.3 is 0 Å². The lowest BCUT2D eigenvalue weighted by Gasteiger charge is -2.29. The number of fused-ring (bicyclic) bond motifs is 2. The Morgan fingerprint density at radius 3 is 2.31 bits per heavy atom. The molecule has 5 aromatic rings. The summed E-state index contributed by atoms with van der Waals surface area (Å²) >= 11 is 0. The minimum atomic E-state index is -4.85. The molecular weight excluding hydrogens is 679 g/mol. The monoisotopic (exact) mass is 709 g/mol. The lowest BCUT2D eigenvalue weighted by molar-refractivity contribution is -0.385. The van der Waals surface area contributed by atoms with E-state index in [1.807, 2.05) is 26.0 Å². The molecule has 0 saturated heterocycles. The fourth-order valence-corrected chi connectivity index (χ4v) is 6.84. The maximum absolute atomic E-state index is 14.5. The van der Waals surface area contributed by atoms with Crippen LogP contribution in [0.25, 0.3) is 23.0 Å². The highest BCUT2D eigenvalue weighted by atomic mass is 19.4. The quantitative estimate of drug-likeness (QED) is 0.121. The average molecular weight is 710 g/mol. The first kappa shape index (κ1) is 34.2. The molecule has 2 aliphatic rings. The van der Waals surface area contributed by atoms with Crippen molar-refractivity contribution in [3.8, 4) is 11.3 Å². The molecule has 1 aliphatic heterocycles. The number of halogens is 3. The summed E-state index contributed by atoms with van der Waals surface area (Å²) in [6.45, 7) is 4.01. The number of non-ortho nitro benzene ring substituents is 2. The third-order valence-electron chi connectivity index (χ3n) is 9.36. The Bertz CT molecular complexity index is 2310. The van der Waals surface area contributed by atoms with Crippen molar-refractivity contribution in [3.63, 3.8) is 0 Å². The highest BCUT2D eigenvalue weighted by Crippen LogP contribution is 2.45. The second-order valence-electron chi connectivity index (χ2n) is 13.1. The van der Waals surface area contributed by atoms with Gasteiger partial charge in [0.25, 0.3) is 17.3 Å². The number of benzene rings is 3. The number of aromatic nitrogens is 3. The molecule has 3 heterocycles. The van der Waals surface area contributed by atoms with Gasteiger partial charge >= 0.3 is 6.18 Å². The molecule has 0 unspecified atom stereocenters. The number of carbonyl (C=O) groups excluding carboxylic acids is 1. The van der Waals surface area contributed by atoms with E-state index in [9.17, 15) is 38.2 Å². The molecule has 0 radical (unpaired) electrons. The van der Waals surface area contributed by atoms with Gasteiger partial charge in [-0.25, -0.2) is 14.5 Å². The van der Waals surface area contributed by atoms with Gasteiger partial charge in [0.1, 0.15) is 0 Å². The highest BCUT2D eigenvalue weighted by Gasteiger charge is 2.45. The SMILES string of the molecule is CC(C)c1ccc(-c2cc(C(F)(F)F)n3nc(C(=O)N4N=C5/C(=C/c6cccc([N+](=O)[O-])c6)CCC[C@@H]5[C@@H]4c4cccc([N+](=O)[O-])c4)cc3n2)cc1. The summed E-state index contributed by atoms with van der Waals surface area (Å²) < 4.78 is 44.0. The molecule has 1 aliphatic carbocycles. The average Bonchev–Trinajstić information content (AvgIpc) is 3.73. The van der Waals surface area contributed by atoms with E-state index in [1.165, 1.54) is 36.4 Å². The van der Waals surface area contributed by atoms with Crippen LogP contribution in [0.2, 0.25) is 0 Å². The van der Waals surface area contributed by atoms with Crippen LogP contribution in [-0.2, 0) is 6.18 Å².